The standard InChI is InChI=1S/C31H33FN6O3/c1-41-22-12-14-38(18-22)21-8-10-28(34-17-21)37-27-16-26(36-25-11-13-33-31(40)29(25)27)23-9-7-20(15-24(23)32)35-30(39)19-5-3-2-4-6-19/h7-11,13,15-17,19,22H,2-6,12,14,18H2,1H3,(H,33,40)(H,35,39)(H,34,36,37). The van der Waals surface area contributed by atoms with Gasteiger partial charge in [-0.1, -0.05) is 19.3 Å². The molecule has 1 aliphatic carbocycles. The fourth-order valence-corrected chi connectivity index (χ4v) is 5.78. The number of anilines is 4. The summed E-state index contributed by atoms with van der Waals surface area (Å²) in [6, 6.07) is 11.8. The fraction of sp³-hybridized carbons (Fsp3) is 0.355. The lowest BCUT2D eigenvalue weighted by molar-refractivity contribution is -0.120. The first-order valence-corrected chi connectivity index (χ1v) is 14.1. The van der Waals surface area contributed by atoms with Gasteiger partial charge in [-0.05, 0) is 61.7 Å². The molecule has 3 N–H and O–H groups in total. The van der Waals surface area contributed by atoms with Gasteiger partial charge in [-0.15, -0.1) is 0 Å². The zero-order valence-electron chi connectivity index (χ0n) is 23.0. The summed E-state index contributed by atoms with van der Waals surface area (Å²) < 4.78 is 20.9. The summed E-state index contributed by atoms with van der Waals surface area (Å²) in [6.45, 7) is 1.71. The van der Waals surface area contributed by atoms with Gasteiger partial charge < -0.3 is 25.3 Å². The van der Waals surface area contributed by atoms with Crippen LogP contribution < -0.4 is 21.1 Å². The molecule has 1 amide bonds. The minimum absolute atomic E-state index is 0.0272. The fourth-order valence-electron chi connectivity index (χ4n) is 5.78. The van der Waals surface area contributed by atoms with E-state index in [0.717, 1.165) is 57.3 Å². The van der Waals surface area contributed by atoms with Crippen molar-refractivity contribution in [3.05, 3.63) is 71.0 Å². The maximum atomic E-state index is 15.4. The molecule has 2 fully saturated rings. The number of fused-ring (bicyclic) bond motifs is 1. The molecule has 4 aromatic rings. The summed E-state index contributed by atoms with van der Waals surface area (Å²) in [5, 5.41) is 6.45. The van der Waals surface area contributed by atoms with E-state index < -0.39 is 5.82 Å². The Balaban J connectivity index is 1.27. The highest BCUT2D eigenvalue weighted by atomic mass is 19.1. The monoisotopic (exact) mass is 556 g/mol. The van der Waals surface area contributed by atoms with Crippen molar-refractivity contribution in [3.63, 3.8) is 0 Å². The van der Waals surface area contributed by atoms with E-state index in [1.807, 2.05) is 12.1 Å². The molecule has 1 aromatic carbocycles. The van der Waals surface area contributed by atoms with Gasteiger partial charge in [0.05, 0.1) is 40.3 Å². The van der Waals surface area contributed by atoms with Crippen LogP contribution in [0.15, 0.2) is 59.7 Å². The smallest absolute Gasteiger partial charge is 0.259 e. The van der Waals surface area contributed by atoms with Crippen molar-refractivity contribution in [1.82, 2.24) is 15.0 Å². The molecular weight excluding hydrogens is 523 g/mol. The van der Waals surface area contributed by atoms with Crippen LogP contribution in [0, 0.1) is 11.7 Å². The molecule has 212 valence electrons. The van der Waals surface area contributed by atoms with Crippen LogP contribution in [0.4, 0.5) is 27.3 Å². The second-order valence-corrected chi connectivity index (χ2v) is 10.8. The van der Waals surface area contributed by atoms with Gasteiger partial charge in [0.2, 0.25) is 5.91 Å². The van der Waals surface area contributed by atoms with E-state index in [4.69, 9.17) is 4.74 Å². The number of hydrogen-bond acceptors (Lipinski definition) is 7. The lowest BCUT2D eigenvalue weighted by atomic mass is 9.88. The number of nitrogens with one attached hydrogen (secondary N) is 3. The van der Waals surface area contributed by atoms with E-state index in [0.29, 0.717) is 33.8 Å². The number of benzene rings is 1. The third kappa shape index (κ3) is 5.78. The second-order valence-electron chi connectivity index (χ2n) is 10.8. The van der Waals surface area contributed by atoms with Gasteiger partial charge >= 0.3 is 0 Å². The van der Waals surface area contributed by atoms with Crippen LogP contribution in [0.25, 0.3) is 22.2 Å². The van der Waals surface area contributed by atoms with Crippen LogP contribution in [-0.2, 0) is 9.53 Å². The van der Waals surface area contributed by atoms with E-state index in [1.165, 1.54) is 12.3 Å². The van der Waals surface area contributed by atoms with Crippen LogP contribution in [0.3, 0.4) is 0 Å². The molecule has 2 aliphatic rings. The third-order valence-electron chi connectivity index (χ3n) is 8.07. The molecule has 9 nitrogen and oxygen atoms in total. The summed E-state index contributed by atoms with van der Waals surface area (Å²) in [6.07, 6.45) is 9.47. The van der Waals surface area contributed by atoms with Gasteiger partial charge in [0.15, 0.2) is 0 Å². The van der Waals surface area contributed by atoms with E-state index in [2.05, 4.69) is 30.5 Å². The maximum Gasteiger partial charge on any atom is 0.259 e. The lowest BCUT2D eigenvalue weighted by Crippen LogP contribution is -2.24. The highest BCUT2D eigenvalue weighted by Crippen LogP contribution is 2.32. The number of hydrogen-bond donors (Lipinski definition) is 3. The molecule has 10 heteroatoms. The molecule has 1 atom stereocenters. The molecule has 3 aromatic heterocycles. The Labute approximate surface area is 237 Å². The van der Waals surface area contributed by atoms with Crippen LogP contribution in [0.5, 0.6) is 0 Å². The number of carbonyl (C=O) groups excluding carboxylic acids is 1. The van der Waals surface area contributed by atoms with Gasteiger partial charge in [-0.2, -0.15) is 0 Å². The van der Waals surface area contributed by atoms with Crippen molar-refractivity contribution in [1.29, 1.82) is 0 Å². The van der Waals surface area contributed by atoms with Gasteiger partial charge in [0.1, 0.15) is 11.6 Å². The normalized spacial score (nSPS) is 17.6. The van der Waals surface area contributed by atoms with Crippen molar-refractivity contribution in [3.8, 4) is 11.3 Å². The van der Waals surface area contributed by atoms with E-state index in [1.54, 1.807) is 37.6 Å². The number of H-pyrrole nitrogens is 1. The highest BCUT2D eigenvalue weighted by Gasteiger charge is 2.23. The van der Waals surface area contributed by atoms with Crippen LogP contribution >= 0.6 is 0 Å². The number of halogens is 1. The van der Waals surface area contributed by atoms with Crippen molar-refractivity contribution in [2.45, 2.75) is 44.6 Å². The summed E-state index contributed by atoms with van der Waals surface area (Å²) >= 11 is 0. The van der Waals surface area contributed by atoms with E-state index in [9.17, 15) is 9.59 Å². The van der Waals surface area contributed by atoms with Crippen molar-refractivity contribution >= 4 is 39.7 Å². The van der Waals surface area contributed by atoms with Crippen LogP contribution in [-0.4, -0.2) is 47.2 Å². The quantitative estimate of drug-likeness (QED) is 0.271. The predicted octanol–water partition coefficient (Wildman–Crippen LogP) is 5.61. The first kappa shape index (κ1) is 26.9. The number of carbonyl (C=O) groups is 1. The maximum absolute atomic E-state index is 15.4. The molecule has 0 bridgehead atoms. The number of rotatable bonds is 7. The zero-order chi connectivity index (χ0) is 28.3. The first-order valence-electron chi connectivity index (χ1n) is 14.1. The number of ether oxygens (including phenoxy) is 1. The Hall–Kier alpha value is -4.31. The number of aromatic amines is 1. The van der Waals surface area contributed by atoms with Crippen molar-refractivity contribution < 1.29 is 13.9 Å². The molecule has 41 heavy (non-hydrogen) atoms. The molecule has 4 heterocycles. The number of amides is 1. The SMILES string of the molecule is COC1CCN(c2ccc(Nc3cc(-c4ccc(NC(=O)C5CCCCC5)cc4F)nc4cc[nH]c(=O)c34)nc2)C1. The Morgan fingerprint density at radius 1 is 1.10 bits per heavy atom. The minimum atomic E-state index is -0.517. The Morgan fingerprint density at radius 3 is 2.68 bits per heavy atom. The van der Waals surface area contributed by atoms with Crippen LogP contribution in [0.1, 0.15) is 38.5 Å². The summed E-state index contributed by atoms with van der Waals surface area (Å²) in [7, 11) is 1.73. The van der Waals surface area contributed by atoms with E-state index >= 15 is 4.39 Å². The van der Waals surface area contributed by atoms with Gasteiger partial charge in [-0.25, -0.2) is 14.4 Å². The van der Waals surface area contributed by atoms with Crippen LogP contribution in [0.2, 0.25) is 0 Å². The van der Waals surface area contributed by atoms with Crippen molar-refractivity contribution in [2.75, 3.05) is 35.7 Å². The highest BCUT2D eigenvalue weighted by molar-refractivity contribution is 5.95. The number of aromatic nitrogens is 3. The third-order valence-corrected chi connectivity index (χ3v) is 8.07. The van der Waals surface area contributed by atoms with Gasteiger partial charge in [0, 0.05) is 43.6 Å². The average Bonchev–Trinajstić information content (AvgIpc) is 3.47. The number of nitrogens with zero attached hydrogens (tertiary/aromatic N) is 3. The Morgan fingerprint density at radius 2 is 1.95 bits per heavy atom. The number of methoxy groups -OCH3 is 1. The molecule has 1 saturated carbocycles. The molecule has 0 radical (unpaired) electrons. The zero-order valence-corrected chi connectivity index (χ0v) is 23.0. The molecule has 0 spiro atoms. The largest absolute Gasteiger partial charge is 0.380 e. The summed E-state index contributed by atoms with van der Waals surface area (Å²) in [4.78, 5) is 39.5. The molecule has 1 saturated heterocycles. The summed E-state index contributed by atoms with van der Waals surface area (Å²) in [5.74, 6) is -0.0652. The molecule has 1 aliphatic heterocycles. The molecule has 1 unspecified atom stereocenters. The lowest BCUT2D eigenvalue weighted by Gasteiger charge is -2.20. The first-order chi connectivity index (χ1) is 20.0. The molecular formula is C31H33FN6O3. The predicted molar refractivity (Wildman–Crippen MR) is 158 cm³/mol. The second kappa shape index (κ2) is 11.7. The Bertz CT molecular complexity index is 1620. The topological polar surface area (TPSA) is 112 Å². The minimum Gasteiger partial charge on any atom is -0.380 e. The summed E-state index contributed by atoms with van der Waals surface area (Å²) in [5.41, 5.74) is 2.58. The number of pyridine rings is 3. The average molecular weight is 557 g/mol. The van der Waals surface area contributed by atoms with Gasteiger partial charge in [-0.3, -0.25) is 9.59 Å². The van der Waals surface area contributed by atoms with Gasteiger partial charge in [0.25, 0.3) is 5.56 Å². The molecule has 6 rings (SSSR count). The van der Waals surface area contributed by atoms with E-state index in [-0.39, 0.29) is 29.1 Å². The Kier molecular flexibility index (Phi) is 7.65. The van der Waals surface area contributed by atoms with Crippen molar-refractivity contribution in [2.24, 2.45) is 5.92 Å².